The molecule has 0 spiro atoms. The van der Waals surface area contributed by atoms with Crippen LogP contribution >= 0.6 is 0 Å². The molecule has 5 nitrogen and oxygen atoms in total. The highest BCUT2D eigenvalue weighted by molar-refractivity contribution is 5.84. The summed E-state index contributed by atoms with van der Waals surface area (Å²) in [6.45, 7) is 5.56. The number of nitrogen functional groups attached to an aromatic ring is 1. The minimum atomic E-state index is -0.256. The van der Waals surface area contributed by atoms with Gasteiger partial charge in [0.1, 0.15) is 11.9 Å². The van der Waals surface area contributed by atoms with Gasteiger partial charge in [0.15, 0.2) is 0 Å². The fourth-order valence-electron chi connectivity index (χ4n) is 2.32. The predicted octanol–water partition coefficient (Wildman–Crippen LogP) is 1.79. The van der Waals surface area contributed by atoms with Gasteiger partial charge in [-0.25, -0.2) is 4.98 Å². The zero-order valence-electron chi connectivity index (χ0n) is 11.6. The summed E-state index contributed by atoms with van der Waals surface area (Å²) < 4.78 is 0. The quantitative estimate of drug-likeness (QED) is 0.871. The molecule has 2 heterocycles. The minimum absolute atomic E-state index is 0.149. The second-order valence-corrected chi connectivity index (χ2v) is 5.18. The summed E-state index contributed by atoms with van der Waals surface area (Å²) in [6, 6.07) is 1.61. The van der Waals surface area contributed by atoms with E-state index >= 15 is 0 Å². The lowest BCUT2D eigenvalue weighted by atomic mass is 10.1. The van der Waals surface area contributed by atoms with Crippen molar-refractivity contribution in [2.45, 2.75) is 39.2 Å². The third kappa shape index (κ3) is 3.36. The van der Waals surface area contributed by atoms with Crippen LogP contribution in [-0.4, -0.2) is 34.9 Å². The van der Waals surface area contributed by atoms with Gasteiger partial charge in [-0.2, -0.15) is 0 Å². The number of nitrogens with one attached hydrogen (secondary N) is 1. The number of carbonyl (C=O) groups excluding carboxylic acids is 1. The number of amides is 1. The first kappa shape index (κ1) is 13.6. The summed E-state index contributed by atoms with van der Waals surface area (Å²) in [6.07, 6.45) is 5.06. The third-order valence-corrected chi connectivity index (χ3v) is 3.55. The van der Waals surface area contributed by atoms with E-state index in [1.165, 1.54) is 6.42 Å². The Labute approximate surface area is 114 Å². The molecule has 1 fully saturated rings. The van der Waals surface area contributed by atoms with E-state index in [-0.39, 0.29) is 11.9 Å². The van der Waals surface area contributed by atoms with E-state index < -0.39 is 0 Å². The monoisotopic (exact) mass is 262 g/mol. The fourth-order valence-corrected chi connectivity index (χ4v) is 2.32. The van der Waals surface area contributed by atoms with Gasteiger partial charge in [-0.15, -0.1) is 0 Å². The van der Waals surface area contributed by atoms with E-state index in [1.807, 2.05) is 24.8 Å². The Bertz CT molecular complexity index is 455. The van der Waals surface area contributed by atoms with Crippen LogP contribution in [-0.2, 0) is 4.79 Å². The summed E-state index contributed by atoms with van der Waals surface area (Å²) in [4.78, 5) is 18.4. The summed E-state index contributed by atoms with van der Waals surface area (Å²) in [5, 5.41) is 3.15. The minimum Gasteiger partial charge on any atom is -0.397 e. The van der Waals surface area contributed by atoms with Crippen molar-refractivity contribution in [1.82, 2.24) is 9.88 Å². The summed E-state index contributed by atoms with van der Waals surface area (Å²) >= 11 is 0. The number of piperidine rings is 1. The first-order valence-corrected chi connectivity index (χ1v) is 6.85. The number of nitrogens with two attached hydrogens (primary N) is 1. The normalized spacial score (nSPS) is 17.1. The number of hydrogen-bond donors (Lipinski definition) is 2. The largest absolute Gasteiger partial charge is 0.397 e. The highest BCUT2D eigenvalue weighted by atomic mass is 16.2. The standard InChI is InChI=1S/C14H22N4O/c1-10-8-13(16-9-12(10)15)17-11(2)14(19)18-6-4-3-5-7-18/h8-9,11H,3-7,15H2,1-2H3,(H,16,17). The fraction of sp³-hybridized carbons (Fsp3) is 0.571. The molecular weight excluding hydrogens is 240 g/mol. The predicted molar refractivity (Wildman–Crippen MR) is 76.9 cm³/mol. The highest BCUT2D eigenvalue weighted by Crippen LogP contribution is 2.15. The summed E-state index contributed by atoms with van der Waals surface area (Å²) in [7, 11) is 0. The van der Waals surface area contributed by atoms with Gasteiger partial charge in [-0.05, 0) is 44.7 Å². The molecule has 0 aromatic carbocycles. The number of nitrogens with zero attached hydrogens (tertiary/aromatic N) is 2. The Hall–Kier alpha value is -1.78. The average molecular weight is 262 g/mol. The Kier molecular flexibility index (Phi) is 4.24. The highest BCUT2D eigenvalue weighted by Gasteiger charge is 2.22. The van der Waals surface area contributed by atoms with Crippen molar-refractivity contribution in [3.05, 3.63) is 17.8 Å². The smallest absolute Gasteiger partial charge is 0.244 e. The second-order valence-electron chi connectivity index (χ2n) is 5.18. The van der Waals surface area contributed by atoms with Crippen LogP contribution in [0.25, 0.3) is 0 Å². The Morgan fingerprint density at radius 1 is 1.42 bits per heavy atom. The molecule has 3 N–H and O–H groups in total. The summed E-state index contributed by atoms with van der Waals surface area (Å²) in [5.74, 6) is 0.848. The zero-order chi connectivity index (χ0) is 13.8. The molecule has 1 saturated heterocycles. The van der Waals surface area contributed by atoms with E-state index in [0.29, 0.717) is 11.5 Å². The maximum atomic E-state index is 12.3. The van der Waals surface area contributed by atoms with Gasteiger partial charge in [-0.1, -0.05) is 0 Å². The van der Waals surface area contributed by atoms with Crippen LogP contribution in [0.2, 0.25) is 0 Å². The van der Waals surface area contributed by atoms with Crippen LogP contribution < -0.4 is 11.1 Å². The molecule has 1 aromatic rings. The van der Waals surface area contributed by atoms with Gasteiger partial charge in [0.25, 0.3) is 0 Å². The lowest BCUT2D eigenvalue weighted by Gasteiger charge is -2.29. The molecule has 1 atom stereocenters. The van der Waals surface area contributed by atoms with E-state index in [4.69, 9.17) is 5.73 Å². The first-order valence-electron chi connectivity index (χ1n) is 6.85. The van der Waals surface area contributed by atoms with Crippen LogP contribution in [0, 0.1) is 6.92 Å². The third-order valence-electron chi connectivity index (χ3n) is 3.55. The number of rotatable bonds is 3. The van der Waals surface area contributed by atoms with E-state index in [2.05, 4.69) is 10.3 Å². The van der Waals surface area contributed by atoms with E-state index in [0.717, 1.165) is 31.5 Å². The van der Waals surface area contributed by atoms with Crippen LogP contribution in [0.5, 0.6) is 0 Å². The van der Waals surface area contributed by atoms with Crippen molar-refractivity contribution < 1.29 is 4.79 Å². The first-order chi connectivity index (χ1) is 9.08. The molecule has 1 aromatic heterocycles. The molecule has 1 aliphatic heterocycles. The molecular formula is C14H22N4O. The molecule has 104 valence electrons. The number of anilines is 2. The van der Waals surface area contributed by atoms with Gasteiger partial charge < -0.3 is 16.0 Å². The van der Waals surface area contributed by atoms with E-state index in [9.17, 15) is 4.79 Å². The van der Waals surface area contributed by atoms with Gasteiger partial charge in [0, 0.05) is 13.1 Å². The number of hydrogen-bond acceptors (Lipinski definition) is 4. The average Bonchev–Trinajstić information content (AvgIpc) is 2.43. The Morgan fingerprint density at radius 2 is 2.11 bits per heavy atom. The molecule has 1 amide bonds. The van der Waals surface area contributed by atoms with Crippen molar-refractivity contribution in [2.75, 3.05) is 24.1 Å². The zero-order valence-corrected chi connectivity index (χ0v) is 11.6. The van der Waals surface area contributed by atoms with Crippen LogP contribution in [0.3, 0.4) is 0 Å². The van der Waals surface area contributed by atoms with Crippen molar-refractivity contribution in [3.8, 4) is 0 Å². The van der Waals surface area contributed by atoms with E-state index in [1.54, 1.807) is 6.20 Å². The number of likely N-dealkylation sites (tertiary alicyclic amines) is 1. The summed E-state index contributed by atoms with van der Waals surface area (Å²) in [5.41, 5.74) is 7.37. The van der Waals surface area contributed by atoms with Gasteiger partial charge in [0.2, 0.25) is 5.91 Å². The van der Waals surface area contributed by atoms with Crippen molar-refractivity contribution >= 4 is 17.4 Å². The molecule has 1 unspecified atom stereocenters. The maximum absolute atomic E-state index is 12.3. The number of carbonyl (C=O) groups is 1. The maximum Gasteiger partial charge on any atom is 0.244 e. The van der Waals surface area contributed by atoms with Crippen molar-refractivity contribution in [3.63, 3.8) is 0 Å². The molecule has 0 radical (unpaired) electrons. The van der Waals surface area contributed by atoms with Crippen molar-refractivity contribution in [1.29, 1.82) is 0 Å². The van der Waals surface area contributed by atoms with Crippen LogP contribution in [0.1, 0.15) is 31.7 Å². The molecule has 0 bridgehead atoms. The van der Waals surface area contributed by atoms with Crippen molar-refractivity contribution in [2.24, 2.45) is 0 Å². The molecule has 1 aliphatic rings. The molecule has 19 heavy (non-hydrogen) atoms. The van der Waals surface area contributed by atoms with Crippen LogP contribution in [0.4, 0.5) is 11.5 Å². The number of aromatic nitrogens is 1. The Morgan fingerprint density at radius 3 is 2.74 bits per heavy atom. The number of pyridine rings is 1. The molecule has 5 heteroatoms. The SMILES string of the molecule is Cc1cc(NC(C)C(=O)N2CCCCC2)ncc1N. The van der Waals surface area contributed by atoms with Gasteiger partial charge in [0.05, 0.1) is 11.9 Å². The lowest BCUT2D eigenvalue weighted by Crippen LogP contribution is -2.44. The molecule has 0 aliphatic carbocycles. The second kappa shape index (κ2) is 5.91. The molecule has 2 rings (SSSR count). The number of aryl methyl sites for hydroxylation is 1. The lowest BCUT2D eigenvalue weighted by molar-refractivity contribution is -0.132. The van der Waals surface area contributed by atoms with Gasteiger partial charge >= 0.3 is 0 Å². The Balaban J connectivity index is 1.97. The van der Waals surface area contributed by atoms with Crippen LogP contribution in [0.15, 0.2) is 12.3 Å². The molecule has 0 saturated carbocycles. The topological polar surface area (TPSA) is 71.2 Å². The van der Waals surface area contributed by atoms with Gasteiger partial charge in [-0.3, -0.25) is 4.79 Å².